The minimum atomic E-state index is 0.0517. The molecule has 2 aliphatic heterocycles. The zero-order valence-electron chi connectivity index (χ0n) is 9.31. The number of nitrogens with zero attached hydrogens (tertiary/aromatic N) is 1. The Morgan fingerprint density at radius 2 is 1.94 bits per heavy atom. The molecule has 0 aliphatic carbocycles. The van der Waals surface area contributed by atoms with Gasteiger partial charge in [-0.2, -0.15) is 0 Å². The number of likely N-dealkylation sites (N-methyl/N-ethyl adjacent to an activating group) is 1. The highest BCUT2D eigenvalue weighted by molar-refractivity contribution is 5.44. The number of hydrogen-bond donors (Lipinski definition) is 0. The number of rotatable bonds is 1. The highest BCUT2D eigenvalue weighted by Crippen LogP contribution is 2.35. The maximum atomic E-state index is 5.67. The van der Waals surface area contributed by atoms with Crippen LogP contribution in [0, 0.1) is 0 Å². The molecule has 0 aromatic heterocycles. The molecule has 0 amide bonds. The topological polar surface area (TPSA) is 30.9 Å². The Morgan fingerprint density at radius 1 is 1.12 bits per heavy atom. The Kier molecular flexibility index (Phi) is 2.46. The highest BCUT2D eigenvalue weighted by Gasteiger charge is 2.25. The molecule has 1 unspecified atom stereocenters. The molecule has 1 aromatic carbocycles. The van der Waals surface area contributed by atoms with Gasteiger partial charge in [0.1, 0.15) is 19.4 Å². The standard InChI is InChI=1S/C12H15NO3/c1-13-4-5-16-12(13)9-2-3-10-11(8-9)15-7-6-14-10/h2-3,8,12H,4-7H2,1H3. The van der Waals surface area contributed by atoms with Crippen molar-refractivity contribution in [2.75, 3.05) is 33.4 Å². The summed E-state index contributed by atoms with van der Waals surface area (Å²) in [6, 6.07) is 6.01. The summed E-state index contributed by atoms with van der Waals surface area (Å²) in [5.74, 6) is 1.66. The van der Waals surface area contributed by atoms with Crippen molar-refractivity contribution in [2.45, 2.75) is 6.23 Å². The first kappa shape index (κ1) is 9.93. The maximum absolute atomic E-state index is 5.67. The van der Waals surface area contributed by atoms with Gasteiger partial charge in [-0.15, -0.1) is 0 Å². The Labute approximate surface area is 94.7 Å². The van der Waals surface area contributed by atoms with Crippen molar-refractivity contribution in [3.05, 3.63) is 23.8 Å². The van der Waals surface area contributed by atoms with Crippen LogP contribution in [0.15, 0.2) is 18.2 Å². The number of benzene rings is 1. The van der Waals surface area contributed by atoms with Gasteiger partial charge in [-0.05, 0) is 24.7 Å². The summed E-state index contributed by atoms with van der Waals surface area (Å²) in [7, 11) is 2.06. The zero-order valence-corrected chi connectivity index (χ0v) is 9.31. The lowest BCUT2D eigenvalue weighted by atomic mass is 10.1. The van der Waals surface area contributed by atoms with E-state index in [2.05, 4.69) is 11.9 Å². The van der Waals surface area contributed by atoms with E-state index in [4.69, 9.17) is 14.2 Å². The van der Waals surface area contributed by atoms with Gasteiger partial charge in [0.05, 0.1) is 6.61 Å². The third-order valence-electron chi connectivity index (χ3n) is 2.97. The molecule has 1 atom stereocenters. The first-order chi connectivity index (χ1) is 7.84. The molecule has 3 rings (SSSR count). The lowest BCUT2D eigenvalue weighted by Crippen LogP contribution is -2.19. The molecular weight excluding hydrogens is 206 g/mol. The van der Waals surface area contributed by atoms with Gasteiger partial charge >= 0.3 is 0 Å². The van der Waals surface area contributed by atoms with E-state index >= 15 is 0 Å². The van der Waals surface area contributed by atoms with Gasteiger partial charge in [0.15, 0.2) is 11.5 Å². The van der Waals surface area contributed by atoms with E-state index in [1.165, 1.54) is 0 Å². The fourth-order valence-electron chi connectivity index (χ4n) is 2.12. The summed E-state index contributed by atoms with van der Waals surface area (Å²) in [6.45, 7) is 3.01. The maximum Gasteiger partial charge on any atom is 0.161 e. The Hall–Kier alpha value is -1.26. The van der Waals surface area contributed by atoms with Crippen molar-refractivity contribution in [2.24, 2.45) is 0 Å². The van der Waals surface area contributed by atoms with E-state index in [-0.39, 0.29) is 6.23 Å². The average molecular weight is 221 g/mol. The van der Waals surface area contributed by atoms with Crippen LogP contribution in [0.4, 0.5) is 0 Å². The zero-order chi connectivity index (χ0) is 11.0. The molecule has 86 valence electrons. The van der Waals surface area contributed by atoms with Gasteiger partial charge in [0.2, 0.25) is 0 Å². The van der Waals surface area contributed by atoms with Crippen molar-refractivity contribution < 1.29 is 14.2 Å². The summed E-state index contributed by atoms with van der Waals surface area (Å²) in [5.41, 5.74) is 1.13. The highest BCUT2D eigenvalue weighted by atomic mass is 16.6. The smallest absolute Gasteiger partial charge is 0.161 e. The van der Waals surface area contributed by atoms with E-state index in [9.17, 15) is 0 Å². The molecule has 1 fully saturated rings. The van der Waals surface area contributed by atoms with Gasteiger partial charge in [-0.3, -0.25) is 4.90 Å². The van der Waals surface area contributed by atoms with E-state index in [1.54, 1.807) is 0 Å². The Bertz CT molecular complexity index is 394. The molecule has 0 N–H and O–H groups in total. The Balaban J connectivity index is 1.90. The van der Waals surface area contributed by atoms with Crippen LogP contribution in [0.1, 0.15) is 11.8 Å². The molecule has 16 heavy (non-hydrogen) atoms. The third kappa shape index (κ3) is 1.64. The van der Waals surface area contributed by atoms with Crippen LogP contribution in [0.2, 0.25) is 0 Å². The second-order valence-electron chi connectivity index (χ2n) is 4.11. The molecule has 0 bridgehead atoms. The fraction of sp³-hybridized carbons (Fsp3) is 0.500. The molecular formula is C12H15NO3. The predicted octanol–water partition coefficient (Wildman–Crippen LogP) is 1.42. The largest absolute Gasteiger partial charge is 0.486 e. The number of ether oxygens (including phenoxy) is 3. The summed E-state index contributed by atoms with van der Waals surface area (Å²) >= 11 is 0. The molecule has 2 heterocycles. The second kappa shape index (κ2) is 3.96. The summed E-state index contributed by atoms with van der Waals surface area (Å²) in [5, 5.41) is 0. The monoisotopic (exact) mass is 221 g/mol. The normalized spacial score (nSPS) is 24.7. The van der Waals surface area contributed by atoms with Crippen LogP contribution >= 0.6 is 0 Å². The van der Waals surface area contributed by atoms with Crippen LogP contribution in [-0.2, 0) is 4.74 Å². The Morgan fingerprint density at radius 3 is 2.69 bits per heavy atom. The second-order valence-corrected chi connectivity index (χ2v) is 4.11. The molecule has 2 aliphatic rings. The van der Waals surface area contributed by atoms with E-state index in [1.807, 2.05) is 18.2 Å². The summed E-state index contributed by atoms with van der Waals surface area (Å²) in [6.07, 6.45) is 0.0517. The average Bonchev–Trinajstić information content (AvgIpc) is 2.75. The first-order valence-corrected chi connectivity index (χ1v) is 5.56. The summed E-state index contributed by atoms with van der Waals surface area (Å²) < 4.78 is 16.7. The SMILES string of the molecule is CN1CCOC1c1ccc2c(c1)OCCO2. The number of hydrogen-bond acceptors (Lipinski definition) is 4. The van der Waals surface area contributed by atoms with Crippen molar-refractivity contribution in [3.63, 3.8) is 0 Å². The van der Waals surface area contributed by atoms with E-state index < -0.39 is 0 Å². The molecule has 4 heteroatoms. The van der Waals surface area contributed by atoms with E-state index in [0.29, 0.717) is 13.2 Å². The predicted molar refractivity (Wildman–Crippen MR) is 58.8 cm³/mol. The molecule has 0 spiro atoms. The molecule has 4 nitrogen and oxygen atoms in total. The summed E-state index contributed by atoms with van der Waals surface area (Å²) in [4.78, 5) is 2.19. The minimum Gasteiger partial charge on any atom is -0.486 e. The van der Waals surface area contributed by atoms with Gasteiger partial charge < -0.3 is 14.2 Å². The van der Waals surface area contributed by atoms with Crippen LogP contribution in [0.3, 0.4) is 0 Å². The van der Waals surface area contributed by atoms with Gasteiger partial charge in [0.25, 0.3) is 0 Å². The van der Waals surface area contributed by atoms with Gasteiger partial charge in [-0.1, -0.05) is 6.07 Å². The van der Waals surface area contributed by atoms with Gasteiger partial charge in [-0.25, -0.2) is 0 Å². The van der Waals surface area contributed by atoms with Crippen LogP contribution in [-0.4, -0.2) is 38.3 Å². The van der Waals surface area contributed by atoms with Crippen molar-refractivity contribution in [3.8, 4) is 11.5 Å². The minimum absolute atomic E-state index is 0.0517. The third-order valence-corrected chi connectivity index (χ3v) is 2.97. The van der Waals surface area contributed by atoms with Gasteiger partial charge in [0, 0.05) is 6.54 Å². The molecule has 0 saturated carbocycles. The molecule has 1 aromatic rings. The van der Waals surface area contributed by atoms with Crippen molar-refractivity contribution in [1.29, 1.82) is 0 Å². The quantitative estimate of drug-likeness (QED) is 0.717. The lowest BCUT2D eigenvalue weighted by molar-refractivity contribution is 0.0448. The van der Waals surface area contributed by atoms with Crippen LogP contribution in [0.5, 0.6) is 11.5 Å². The van der Waals surface area contributed by atoms with Crippen molar-refractivity contribution in [1.82, 2.24) is 4.90 Å². The fourth-order valence-corrected chi connectivity index (χ4v) is 2.12. The molecule has 0 radical (unpaired) electrons. The molecule has 1 saturated heterocycles. The van der Waals surface area contributed by atoms with E-state index in [0.717, 1.165) is 30.2 Å². The lowest BCUT2D eigenvalue weighted by Gasteiger charge is -2.22. The van der Waals surface area contributed by atoms with Crippen LogP contribution in [0.25, 0.3) is 0 Å². The van der Waals surface area contributed by atoms with Crippen molar-refractivity contribution >= 4 is 0 Å². The first-order valence-electron chi connectivity index (χ1n) is 5.56. The van der Waals surface area contributed by atoms with Crippen LogP contribution < -0.4 is 9.47 Å². The number of fused-ring (bicyclic) bond motifs is 1.